The van der Waals surface area contributed by atoms with Crippen molar-refractivity contribution in [2.75, 3.05) is 19.8 Å². The molecule has 1 heterocycles. The second-order valence-corrected chi connectivity index (χ2v) is 4.92. The maximum Gasteiger partial charge on any atom is 0.161 e. The van der Waals surface area contributed by atoms with E-state index in [9.17, 15) is 4.39 Å². The zero-order valence-electron chi connectivity index (χ0n) is 11.9. The molecule has 0 spiro atoms. The van der Waals surface area contributed by atoms with Crippen LogP contribution in [0.5, 0.6) is 11.5 Å². The van der Waals surface area contributed by atoms with Gasteiger partial charge in [0.05, 0.1) is 6.04 Å². The van der Waals surface area contributed by atoms with Crippen LogP contribution >= 0.6 is 0 Å². The van der Waals surface area contributed by atoms with E-state index in [1.54, 1.807) is 12.1 Å². The van der Waals surface area contributed by atoms with E-state index in [1.165, 1.54) is 6.07 Å². The molecule has 0 saturated heterocycles. The van der Waals surface area contributed by atoms with E-state index < -0.39 is 0 Å². The molecule has 0 aliphatic carbocycles. The molecule has 3 rings (SSSR count). The van der Waals surface area contributed by atoms with Crippen LogP contribution < -0.4 is 14.8 Å². The molecule has 1 aliphatic rings. The third-order valence-electron chi connectivity index (χ3n) is 3.52. The molecule has 1 aliphatic heterocycles. The summed E-state index contributed by atoms with van der Waals surface area (Å²) in [6.07, 6.45) is 0. The zero-order valence-corrected chi connectivity index (χ0v) is 11.9. The van der Waals surface area contributed by atoms with Crippen molar-refractivity contribution in [2.45, 2.75) is 13.0 Å². The average molecular weight is 287 g/mol. The van der Waals surface area contributed by atoms with E-state index >= 15 is 0 Å². The monoisotopic (exact) mass is 287 g/mol. The van der Waals surface area contributed by atoms with Gasteiger partial charge in [-0.3, -0.25) is 0 Å². The number of halogens is 1. The van der Waals surface area contributed by atoms with Gasteiger partial charge in [0.2, 0.25) is 0 Å². The van der Waals surface area contributed by atoms with Crippen LogP contribution in [0.4, 0.5) is 4.39 Å². The van der Waals surface area contributed by atoms with Crippen LogP contribution in [0.3, 0.4) is 0 Å². The van der Waals surface area contributed by atoms with Crippen LogP contribution in [0.25, 0.3) is 0 Å². The van der Waals surface area contributed by atoms with Crippen LogP contribution in [0.1, 0.15) is 24.1 Å². The fourth-order valence-corrected chi connectivity index (χ4v) is 2.56. The molecular formula is C17H18FNO2. The Morgan fingerprint density at radius 3 is 2.62 bits per heavy atom. The van der Waals surface area contributed by atoms with Crippen LogP contribution in [-0.4, -0.2) is 19.8 Å². The Labute approximate surface area is 123 Å². The first-order chi connectivity index (χ1) is 10.3. The van der Waals surface area contributed by atoms with Gasteiger partial charge in [0.15, 0.2) is 11.5 Å². The number of ether oxygens (including phenoxy) is 2. The highest BCUT2D eigenvalue weighted by Gasteiger charge is 2.20. The molecule has 110 valence electrons. The fraction of sp³-hybridized carbons (Fsp3) is 0.294. The third kappa shape index (κ3) is 2.85. The van der Waals surface area contributed by atoms with Crippen molar-refractivity contribution >= 4 is 0 Å². The predicted octanol–water partition coefficient (Wildman–Crippen LogP) is 3.30. The SMILES string of the molecule is CCNC(c1ccc2c(c1)OCCO2)c1ccccc1F. The molecule has 0 amide bonds. The summed E-state index contributed by atoms with van der Waals surface area (Å²) in [6, 6.07) is 12.4. The van der Waals surface area contributed by atoms with Crippen molar-refractivity contribution in [2.24, 2.45) is 0 Å². The van der Waals surface area contributed by atoms with Crippen molar-refractivity contribution in [1.82, 2.24) is 5.32 Å². The van der Waals surface area contributed by atoms with Gasteiger partial charge >= 0.3 is 0 Å². The van der Waals surface area contributed by atoms with Gasteiger partial charge < -0.3 is 14.8 Å². The van der Waals surface area contributed by atoms with Gasteiger partial charge in [-0.1, -0.05) is 31.2 Å². The number of hydrogen-bond acceptors (Lipinski definition) is 3. The Morgan fingerprint density at radius 2 is 1.86 bits per heavy atom. The molecule has 0 bridgehead atoms. The summed E-state index contributed by atoms with van der Waals surface area (Å²) in [5.74, 6) is 1.25. The molecule has 21 heavy (non-hydrogen) atoms. The van der Waals surface area contributed by atoms with Gasteiger partial charge in [-0.15, -0.1) is 0 Å². The van der Waals surface area contributed by atoms with Gasteiger partial charge in [-0.25, -0.2) is 4.39 Å². The van der Waals surface area contributed by atoms with Crippen LogP contribution in [0.15, 0.2) is 42.5 Å². The highest BCUT2D eigenvalue weighted by molar-refractivity contribution is 5.46. The Balaban J connectivity index is 1.99. The summed E-state index contributed by atoms with van der Waals surface area (Å²) in [4.78, 5) is 0. The molecule has 0 radical (unpaired) electrons. The Bertz CT molecular complexity index is 630. The minimum atomic E-state index is -0.210. The summed E-state index contributed by atoms with van der Waals surface area (Å²) in [5.41, 5.74) is 1.60. The maximum atomic E-state index is 14.1. The van der Waals surface area contributed by atoms with Crippen molar-refractivity contribution in [3.05, 3.63) is 59.4 Å². The first kappa shape index (κ1) is 13.9. The summed E-state index contributed by atoms with van der Waals surface area (Å²) < 4.78 is 25.2. The van der Waals surface area contributed by atoms with Crippen LogP contribution in [0.2, 0.25) is 0 Å². The van der Waals surface area contributed by atoms with E-state index in [1.807, 2.05) is 31.2 Å². The fourth-order valence-electron chi connectivity index (χ4n) is 2.56. The average Bonchev–Trinajstić information content (AvgIpc) is 2.53. The first-order valence-corrected chi connectivity index (χ1v) is 7.17. The molecule has 1 unspecified atom stereocenters. The number of benzene rings is 2. The van der Waals surface area contributed by atoms with Crippen molar-refractivity contribution in [3.8, 4) is 11.5 Å². The third-order valence-corrected chi connectivity index (χ3v) is 3.52. The summed E-state index contributed by atoms with van der Waals surface area (Å²) in [7, 11) is 0. The molecule has 3 nitrogen and oxygen atoms in total. The van der Waals surface area contributed by atoms with Crippen molar-refractivity contribution in [1.29, 1.82) is 0 Å². The minimum Gasteiger partial charge on any atom is -0.486 e. The topological polar surface area (TPSA) is 30.5 Å². The van der Waals surface area contributed by atoms with Gasteiger partial charge in [0, 0.05) is 5.56 Å². The molecule has 2 aromatic carbocycles. The minimum absolute atomic E-state index is 0.202. The summed E-state index contributed by atoms with van der Waals surface area (Å²) >= 11 is 0. The van der Waals surface area contributed by atoms with Gasteiger partial charge in [-0.05, 0) is 30.3 Å². The number of rotatable bonds is 4. The van der Waals surface area contributed by atoms with Gasteiger partial charge in [-0.2, -0.15) is 0 Å². The van der Waals surface area contributed by atoms with E-state index in [2.05, 4.69) is 5.32 Å². The van der Waals surface area contributed by atoms with Crippen LogP contribution in [-0.2, 0) is 0 Å². The largest absolute Gasteiger partial charge is 0.486 e. The highest BCUT2D eigenvalue weighted by Crippen LogP contribution is 2.34. The zero-order chi connectivity index (χ0) is 14.7. The molecule has 4 heteroatoms. The summed E-state index contributed by atoms with van der Waals surface area (Å²) in [6.45, 7) is 3.86. The van der Waals surface area contributed by atoms with Crippen molar-refractivity contribution in [3.63, 3.8) is 0 Å². The maximum absolute atomic E-state index is 14.1. The highest BCUT2D eigenvalue weighted by atomic mass is 19.1. The summed E-state index contributed by atoms with van der Waals surface area (Å²) in [5, 5.41) is 3.33. The quantitative estimate of drug-likeness (QED) is 0.936. The molecule has 2 aromatic rings. The van der Waals surface area contributed by atoms with E-state index in [0.29, 0.717) is 18.8 Å². The normalized spacial score (nSPS) is 14.8. The molecule has 0 fully saturated rings. The number of nitrogens with one attached hydrogen (secondary N) is 1. The smallest absolute Gasteiger partial charge is 0.161 e. The molecule has 0 aromatic heterocycles. The lowest BCUT2D eigenvalue weighted by Gasteiger charge is -2.23. The first-order valence-electron chi connectivity index (χ1n) is 7.17. The molecule has 1 atom stereocenters. The Morgan fingerprint density at radius 1 is 1.10 bits per heavy atom. The van der Waals surface area contributed by atoms with Crippen LogP contribution in [0, 0.1) is 5.82 Å². The molecule has 0 saturated carbocycles. The van der Waals surface area contributed by atoms with E-state index in [-0.39, 0.29) is 11.9 Å². The lowest BCUT2D eigenvalue weighted by Crippen LogP contribution is -2.23. The van der Waals surface area contributed by atoms with E-state index in [0.717, 1.165) is 23.6 Å². The molecular weight excluding hydrogens is 269 g/mol. The predicted molar refractivity (Wildman–Crippen MR) is 79.4 cm³/mol. The molecule has 1 N–H and O–H groups in total. The van der Waals surface area contributed by atoms with Gasteiger partial charge in [0.25, 0.3) is 0 Å². The lowest BCUT2D eigenvalue weighted by atomic mass is 9.97. The Hall–Kier alpha value is -2.07. The Kier molecular flexibility index (Phi) is 4.06. The lowest BCUT2D eigenvalue weighted by molar-refractivity contribution is 0.171. The second kappa shape index (κ2) is 6.14. The van der Waals surface area contributed by atoms with Gasteiger partial charge in [0.1, 0.15) is 19.0 Å². The van der Waals surface area contributed by atoms with E-state index in [4.69, 9.17) is 9.47 Å². The second-order valence-electron chi connectivity index (χ2n) is 4.92. The standard InChI is InChI=1S/C17H18FNO2/c1-2-19-17(13-5-3-4-6-14(13)18)12-7-8-15-16(11-12)21-10-9-20-15/h3-8,11,17,19H,2,9-10H2,1H3. The number of hydrogen-bond donors (Lipinski definition) is 1. The number of fused-ring (bicyclic) bond motifs is 1. The van der Waals surface area contributed by atoms with Crippen molar-refractivity contribution < 1.29 is 13.9 Å².